The van der Waals surface area contributed by atoms with Crippen LogP contribution in [0.5, 0.6) is 0 Å². The second-order valence-corrected chi connectivity index (χ2v) is 4.05. The van der Waals surface area contributed by atoms with Crippen LogP contribution in [0.4, 0.5) is 4.79 Å². The zero-order valence-corrected chi connectivity index (χ0v) is 9.60. The van der Waals surface area contributed by atoms with Gasteiger partial charge in [0.25, 0.3) is 0 Å². The highest BCUT2D eigenvalue weighted by atomic mass is 79.9. The predicted molar refractivity (Wildman–Crippen MR) is 57.3 cm³/mol. The van der Waals surface area contributed by atoms with Crippen molar-refractivity contribution in [3.8, 4) is 0 Å². The molecule has 14 heavy (non-hydrogen) atoms. The lowest BCUT2D eigenvalue weighted by Crippen LogP contribution is -2.45. The normalized spacial score (nSPS) is 17.5. The van der Waals surface area contributed by atoms with E-state index in [1.165, 1.54) is 6.42 Å². The molecule has 0 heterocycles. The molecule has 3 amide bonds. The molecule has 0 atom stereocenters. The van der Waals surface area contributed by atoms with E-state index in [2.05, 4.69) is 26.6 Å². The number of hydrogen-bond donors (Lipinski definition) is 2. The van der Waals surface area contributed by atoms with E-state index in [1.54, 1.807) is 0 Å². The molecule has 4 nitrogen and oxygen atoms in total. The van der Waals surface area contributed by atoms with Gasteiger partial charge in [0.2, 0.25) is 5.91 Å². The molecular weight excluding hydrogens is 248 g/mol. The first kappa shape index (κ1) is 11.5. The Hall–Kier alpha value is -0.580. The summed E-state index contributed by atoms with van der Waals surface area (Å²) in [6, 6.07) is -0.131. The molecule has 0 spiro atoms. The smallest absolute Gasteiger partial charge is 0.321 e. The van der Waals surface area contributed by atoms with Gasteiger partial charge >= 0.3 is 6.03 Å². The zero-order valence-electron chi connectivity index (χ0n) is 8.01. The van der Waals surface area contributed by atoms with E-state index in [1.807, 2.05) is 0 Å². The Morgan fingerprint density at radius 2 is 1.86 bits per heavy atom. The monoisotopic (exact) mass is 262 g/mol. The van der Waals surface area contributed by atoms with Crippen molar-refractivity contribution < 1.29 is 9.59 Å². The molecule has 1 fully saturated rings. The maximum atomic E-state index is 11.2. The number of halogens is 1. The van der Waals surface area contributed by atoms with Gasteiger partial charge < -0.3 is 5.32 Å². The van der Waals surface area contributed by atoms with E-state index in [-0.39, 0.29) is 23.3 Å². The van der Waals surface area contributed by atoms with Crippen molar-refractivity contribution in [2.24, 2.45) is 0 Å². The van der Waals surface area contributed by atoms with Crippen molar-refractivity contribution in [2.45, 2.75) is 38.1 Å². The number of carbonyl (C=O) groups excluding carboxylic acids is 2. The zero-order chi connectivity index (χ0) is 10.4. The summed E-state index contributed by atoms with van der Waals surface area (Å²) in [5, 5.41) is 5.19. The minimum atomic E-state index is -0.374. The molecule has 5 heteroatoms. The summed E-state index contributed by atoms with van der Waals surface area (Å²) in [7, 11) is 0. The van der Waals surface area contributed by atoms with Gasteiger partial charge in [-0.1, -0.05) is 35.2 Å². The molecule has 0 bridgehead atoms. The summed E-state index contributed by atoms with van der Waals surface area (Å²) in [6.45, 7) is 0. The standard InChI is InChI=1S/C9H15BrN2O2/c10-6-8(13)12-9(14)11-7-4-2-1-3-5-7/h7H,1-6H2,(H2,11,12,13,14). The maximum Gasteiger partial charge on any atom is 0.321 e. The van der Waals surface area contributed by atoms with E-state index in [0.29, 0.717) is 0 Å². The lowest BCUT2D eigenvalue weighted by atomic mass is 9.96. The third-order valence-electron chi connectivity index (χ3n) is 2.31. The van der Waals surface area contributed by atoms with E-state index < -0.39 is 0 Å². The largest absolute Gasteiger partial charge is 0.335 e. The van der Waals surface area contributed by atoms with Gasteiger partial charge in [-0.25, -0.2) is 4.79 Å². The van der Waals surface area contributed by atoms with Crippen molar-refractivity contribution in [3.05, 3.63) is 0 Å². The molecule has 1 saturated carbocycles. The van der Waals surface area contributed by atoms with E-state index in [4.69, 9.17) is 0 Å². The van der Waals surface area contributed by atoms with Crippen molar-refractivity contribution in [1.29, 1.82) is 0 Å². The van der Waals surface area contributed by atoms with Gasteiger partial charge in [-0.2, -0.15) is 0 Å². The Bertz CT molecular complexity index is 215. The Balaban J connectivity index is 2.21. The van der Waals surface area contributed by atoms with Crippen molar-refractivity contribution in [2.75, 3.05) is 5.33 Å². The lowest BCUT2D eigenvalue weighted by molar-refractivity contribution is -0.117. The molecule has 0 saturated heterocycles. The van der Waals surface area contributed by atoms with Crippen molar-refractivity contribution >= 4 is 27.9 Å². The van der Waals surface area contributed by atoms with E-state index >= 15 is 0 Å². The van der Waals surface area contributed by atoms with E-state index in [9.17, 15) is 9.59 Å². The molecule has 1 rings (SSSR count). The average Bonchev–Trinajstić information content (AvgIpc) is 2.19. The Kier molecular flexibility index (Phi) is 4.93. The Morgan fingerprint density at radius 1 is 1.21 bits per heavy atom. The minimum absolute atomic E-state index is 0.158. The van der Waals surface area contributed by atoms with Crippen molar-refractivity contribution in [1.82, 2.24) is 10.6 Å². The molecule has 1 aliphatic rings. The first-order valence-electron chi connectivity index (χ1n) is 4.88. The first-order chi connectivity index (χ1) is 6.72. The first-order valence-corrected chi connectivity index (χ1v) is 6.01. The summed E-state index contributed by atoms with van der Waals surface area (Å²) in [5.41, 5.74) is 0. The summed E-state index contributed by atoms with van der Waals surface area (Å²) < 4.78 is 0. The molecule has 0 radical (unpaired) electrons. The van der Waals surface area contributed by atoms with Crippen LogP contribution in [0.25, 0.3) is 0 Å². The molecule has 2 N–H and O–H groups in total. The predicted octanol–water partition coefficient (Wildman–Crippen LogP) is 1.54. The van der Waals surface area contributed by atoms with Crippen LogP contribution in [0.1, 0.15) is 32.1 Å². The van der Waals surface area contributed by atoms with Gasteiger partial charge in [0.05, 0.1) is 5.33 Å². The topological polar surface area (TPSA) is 58.2 Å². The second kappa shape index (κ2) is 6.01. The number of amides is 3. The number of hydrogen-bond acceptors (Lipinski definition) is 2. The maximum absolute atomic E-state index is 11.2. The summed E-state index contributed by atoms with van der Waals surface area (Å²) in [4.78, 5) is 22.1. The van der Waals surface area contributed by atoms with Crippen LogP contribution >= 0.6 is 15.9 Å². The van der Waals surface area contributed by atoms with Crippen LogP contribution in [0.2, 0.25) is 0 Å². The van der Waals surface area contributed by atoms with E-state index in [0.717, 1.165) is 25.7 Å². The highest BCUT2D eigenvalue weighted by Crippen LogP contribution is 2.16. The number of urea groups is 1. The molecule has 0 aromatic carbocycles. The van der Waals surface area contributed by atoms with Crippen molar-refractivity contribution in [3.63, 3.8) is 0 Å². The molecule has 80 valence electrons. The SMILES string of the molecule is O=C(CBr)NC(=O)NC1CCCCC1. The van der Waals surface area contributed by atoms with Gasteiger partial charge in [-0.15, -0.1) is 0 Å². The van der Waals surface area contributed by atoms with Crippen LogP contribution in [-0.2, 0) is 4.79 Å². The molecule has 0 aromatic heterocycles. The van der Waals surface area contributed by atoms with Gasteiger partial charge in [0.15, 0.2) is 0 Å². The number of nitrogens with one attached hydrogen (secondary N) is 2. The summed E-state index contributed by atoms with van der Waals surface area (Å²) in [6.07, 6.45) is 5.63. The van der Waals surface area contributed by atoms with Gasteiger partial charge in [-0.3, -0.25) is 10.1 Å². The highest BCUT2D eigenvalue weighted by molar-refractivity contribution is 9.09. The third-order valence-corrected chi connectivity index (χ3v) is 2.82. The summed E-state index contributed by atoms with van der Waals surface area (Å²) >= 11 is 2.98. The van der Waals surface area contributed by atoms with Crippen LogP contribution in [0.15, 0.2) is 0 Å². The fraction of sp³-hybridized carbons (Fsp3) is 0.778. The van der Waals surface area contributed by atoms with Crippen LogP contribution in [0.3, 0.4) is 0 Å². The number of imide groups is 1. The quantitative estimate of drug-likeness (QED) is 0.742. The van der Waals surface area contributed by atoms with Gasteiger partial charge in [0, 0.05) is 6.04 Å². The third kappa shape index (κ3) is 4.09. The lowest BCUT2D eigenvalue weighted by Gasteiger charge is -2.22. The van der Waals surface area contributed by atoms with Crippen LogP contribution < -0.4 is 10.6 Å². The minimum Gasteiger partial charge on any atom is -0.335 e. The Morgan fingerprint density at radius 3 is 2.43 bits per heavy atom. The fourth-order valence-electron chi connectivity index (χ4n) is 1.63. The van der Waals surface area contributed by atoms with Crippen LogP contribution in [0, 0.1) is 0 Å². The average molecular weight is 263 g/mol. The molecular formula is C9H15BrN2O2. The molecule has 0 aliphatic heterocycles. The fourth-order valence-corrected chi connectivity index (χ4v) is 1.77. The molecule has 0 unspecified atom stereocenters. The van der Waals surface area contributed by atoms with Gasteiger partial charge in [-0.05, 0) is 12.8 Å². The molecule has 0 aromatic rings. The number of rotatable bonds is 2. The second-order valence-electron chi connectivity index (χ2n) is 3.49. The number of carbonyl (C=O) groups is 2. The Labute approximate surface area is 91.9 Å². The summed E-state index contributed by atoms with van der Waals surface area (Å²) in [5.74, 6) is -0.307. The van der Waals surface area contributed by atoms with Crippen LogP contribution in [-0.4, -0.2) is 23.3 Å². The van der Waals surface area contributed by atoms with Gasteiger partial charge in [0.1, 0.15) is 0 Å². The highest BCUT2D eigenvalue weighted by Gasteiger charge is 2.16. The number of alkyl halides is 1. The molecule has 1 aliphatic carbocycles.